The van der Waals surface area contributed by atoms with Crippen LogP contribution in [0.25, 0.3) is 11.0 Å². The third-order valence-corrected chi connectivity index (χ3v) is 4.20. The number of ether oxygens (including phenoxy) is 1. The van der Waals surface area contributed by atoms with Crippen LogP contribution >= 0.6 is 0 Å². The van der Waals surface area contributed by atoms with Crippen LogP contribution in [-0.2, 0) is 11.3 Å². The quantitative estimate of drug-likeness (QED) is 0.721. The molecule has 7 heteroatoms. The van der Waals surface area contributed by atoms with Crippen LogP contribution in [0.2, 0.25) is 0 Å². The number of hydrogen-bond acceptors (Lipinski definition) is 5. The molecule has 7 nitrogen and oxygen atoms in total. The molecule has 25 heavy (non-hydrogen) atoms. The number of hydrogen-bond donors (Lipinski definition) is 0. The highest BCUT2D eigenvalue weighted by Crippen LogP contribution is 2.19. The molecule has 0 unspecified atom stereocenters. The number of aromatic nitrogens is 2. The summed E-state index contributed by atoms with van der Waals surface area (Å²) in [6.45, 7) is 2.96. The zero-order valence-corrected chi connectivity index (χ0v) is 13.7. The van der Waals surface area contributed by atoms with Gasteiger partial charge in [0.15, 0.2) is 0 Å². The van der Waals surface area contributed by atoms with Gasteiger partial charge < -0.3 is 18.6 Å². The Morgan fingerprint density at radius 3 is 2.92 bits per heavy atom. The predicted molar refractivity (Wildman–Crippen MR) is 90.4 cm³/mol. The molecule has 0 bridgehead atoms. The van der Waals surface area contributed by atoms with Gasteiger partial charge in [-0.3, -0.25) is 4.79 Å². The van der Waals surface area contributed by atoms with Gasteiger partial charge in [-0.2, -0.15) is 0 Å². The highest BCUT2D eigenvalue weighted by molar-refractivity contribution is 5.81. The van der Waals surface area contributed by atoms with E-state index in [4.69, 9.17) is 9.15 Å². The van der Waals surface area contributed by atoms with Gasteiger partial charge >= 0.3 is 5.63 Å². The van der Waals surface area contributed by atoms with Crippen LogP contribution in [0.3, 0.4) is 0 Å². The fourth-order valence-electron chi connectivity index (χ4n) is 2.93. The summed E-state index contributed by atoms with van der Waals surface area (Å²) in [5, 5.41) is 0. The number of benzene rings is 1. The average Bonchev–Trinajstić information content (AvgIpc) is 2.93. The number of fused-ring (bicyclic) bond motifs is 1. The van der Waals surface area contributed by atoms with Gasteiger partial charge in [0, 0.05) is 6.07 Å². The minimum atomic E-state index is -0.436. The maximum atomic E-state index is 12.4. The summed E-state index contributed by atoms with van der Waals surface area (Å²) in [6, 6.07) is 10.7. The third kappa shape index (κ3) is 3.13. The van der Waals surface area contributed by atoms with E-state index >= 15 is 0 Å². The lowest BCUT2D eigenvalue weighted by Crippen LogP contribution is -2.56. The van der Waals surface area contributed by atoms with E-state index in [1.807, 2.05) is 28.8 Å². The van der Waals surface area contributed by atoms with Gasteiger partial charge in [-0.15, -0.1) is 0 Å². The van der Waals surface area contributed by atoms with Gasteiger partial charge in [0.05, 0.1) is 36.5 Å². The van der Waals surface area contributed by atoms with E-state index in [1.54, 1.807) is 24.2 Å². The number of para-hydroxylation sites is 2. The fraction of sp³-hybridized carbons (Fsp3) is 0.278. The van der Waals surface area contributed by atoms with E-state index in [-0.39, 0.29) is 18.6 Å². The average molecular weight is 339 g/mol. The summed E-state index contributed by atoms with van der Waals surface area (Å²) < 4.78 is 12.5. The number of imidazole rings is 1. The number of likely N-dealkylation sites (tertiary alicyclic amines) is 1. The maximum Gasteiger partial charge on any atom is 0.339 e. The summed E-state index contributed by atoms with van der Waals surface area (Å²) in [6.07, 6.45) is 1.58. The predicted octanol–water partition coefficient (Wildman–Crippen LogP) is 1.59. The van der Waals surface area contributed by atoms with E-state index < -0.39 is 5.63 Å². The van der Waals surface area contributed by atoms with Crippen molar-refractivity contribution in [2.75, 3.05) is 13.1 Å². The molecule has 1 aliphatic rings. The molecule has 3 aromatic rings. The van der Waals surface area contributed by atoms with Crippen LogP contribution in [0.4, 0.5) is 0 Å². The molecule has 1 aliphatic heterocycles. The van der Waals surface area contributed by atoms with Crippen LogP contribution in [0, 0.1) is 6.92 Å². The Morgan fingerprint density at radius 1 is 1.32 bits per heavy atom. The molecule has 0 saturated carbocycles. The monoisotopic (exact) mass is 339 g/mol. The molecule has 2 aromatic heterocycles. The summed E-state index contributed by atoms with van der Waals surface area (Å²) in [4.78, 5) is 29.8. The normalized spacial score (nSPS) is 14.5. The van der Waals surface area contributed by atoms with Crippen molar-refractivity contribution in [3.63, 3.8) is 0 Å². The molecular weight excluding hydrogens is 322 g/mol. The number of rotatable bonds is 4. The van der Waals surface area contributed by atoms with Gasteiger partial charge in [0.25, 0.3) is 0 Å². The minimum Gasteiger partial charge on any atom is -0.486 e. The fourth-order valence-corrected chi connectivity index (χ4v) is 2.93. The molecule has 128 valence electrons. The van der Waals surface area contributed by atoms with Crippen LogP contribution in [0.1, 0.15) is 5.76 Å². The van der Waals surface area contributed by atoms with Gasteiger partial charge in [-0.05, 0) is 19.1 Å². The molecule has 1 fully saturated rings. The van der Waals surface area contributed by atoms with Crippen molar-refractivity contribution < 1.29 is 13.9 Å². The maximum absolute atomic E-state index is 12.4. The van der Waals surface area contributed by atoms with Gasteiger partial charge in [-0.1, -0.05) is 12.1 Å². The van der Waals surface area contributed by atoms with Crippen molar-refractivity contribution in [1.82, 2.24) is 14.5 Å². The minimum absolute atomic E-state index is 0.0201. The van der Waals surface area contributed by atoms with Crippen LogP contribution in [-0.4, -0.2) is 39.6 Å². The third-order valence-electron chi connectivity index (χ3n) is 4.20. The van der Waals surface area contributed by atoms with E-state index in [0.717, 1.165) is 11.0 Å². The van der Waals surface area contributed by atoms with Crippen molar-refractivity contribution in [3.8, 4) is 5.75 Å². The lowest BCUT2D eigenvalue weighted by Gasteiger charge is -2.39. The van der Waals surface area contributed by atoms with E-state index in [2.05, 4.69) is 4.98 Å². The highest BCUT2D eigenvalue weighted by Gasteiger charge is 2.32. The molecule has 4 rings (SSSR count). The number of carbonyl (C=O) groups is 1. The SMILES string of the molecule is Cc1cc(OC2CN(C(=O)Cn3cnc4ccccc43)C2)cc(=O)o1. The summed E-state index contributed by atoms with van der Waals surface area (Å²) >= 11 is 0. The molecule has 1 aromatic carbocycles. The first-order chi connectivity index (χ1) is 12.1. The Morgan fingerprint density at radius 2 is 2.12 bits per heavy atom. The van der Waals surface area contributed by atoms with Gasteiger partial charge in [-0.25, -0.2) is 9.78 Å². The molecular formula is C18H17N3O4. The second-order valence-electron chi connectivity index (χ2n) is 6.12. The Hall–Kier alpha value is -3.09. The lowest BCUT2D eigenvalue weighted by atomic mass is 10.1. The van der Waals surface area contributed by atoms with Gasteiger partial charge in [0.1, 0.15) is 24.2 Å². The zero-order valence-electron chi connectivity index (χ0n) is 13.7. The topological polar surface area (TPSA) is 77.6 Å². The molecule has 1 saturated heterocycles. The zero-order chi connectivity index (χ0) is 17.4. The lowest BCUT2D eigenvalue weighted by molar-refractivity contribution is -0.140. The number of aryl methyl sites for hydroxylation is 1. The van der Waals surface area contributed by atoms with E-state index in [0.29, 0.717) is 24.6 Å². The Kier molecular flexibility index (Phi) is 3.76. The second-order valence-corrected chi connectivity index (χ2v) is 6.12. The van der Waals surface area contributed by atoms with Crippen LogP contribution < -0.4 is 10.4 Å². The number of carbonyl (C=O) groups excluding carboxylic acids is 1. The summed E-state index contributed by atoms with van der Waals surface area (Å²) in [5.41, 5.74) is 1.38. The van der Waals surface area contributed by atoms with E-state index in [9.17, 15) is 9.59 Å². The van der Waals surface area contributed by atoms with E-state index in [1.165, 1.54) is 6.07 Å². The molecule has 0 atom stereocenters. The smallest absolute Gasteiger partial charge is 0.339 e. The first-order valence-corrected chi connectivity index (χ1v) is 8.04. The van der Waals surface area contributed by atoms with Crippen molar-refractivity contribution >= 4 is 16.9 Å². The van der Waals surface area contributed by atoms with Crippen molar-refractivity contribution in [2.45, 2.75) is 19.6 Å². The van der Waals surface area contributed by atoms with Crippen LogP contribution in [0.15, 0.2) is 51.9 Å². The standard InChI is InChI=1S/C18H17N3O4/c1-12-6-13(7-18(23)24-12)25-14-8-20(9-14)17(22)10-21-11-19-15-4-2-3-5-16(15)21/h2-7,11,14H,8-10H2,1H3. The summed E-state index contributed by atoms with van der Waals surface area (Å²) in [5.74, 6) is 1.000. The van der Waals surface area contributed by atoms with Crippen LogP contribution in [0.5, 0.6) is 5.75 Å². The number of nitrogens with zero attached hydrogens (tertiary/aromatic N) is 3. The molecule has 3 heterocycles. The van der Waals surface area contributed by atoms with Crippen molar-refractivity contribution in [1.29, 1.82) is 0 Å². The molecule has 0 N–H and O–H groups in total. The first-order valence-electron chi connectivity index (χ1n) is 8.04. The van der Waals surface area contributed by atoms with Crippen molar-refractivity contribution in [3.05, 3.63) is 58.9 Å². The first kappa shape index (κ1) is 15.4. The molecule has 0 spiro atoms. The molecule has 0 aliphatic carbocycles. The molecule has 0 radical (unpaired) electrons. The molecule has 1 amide bonds. The Balaban J connectivity index is 1.35. The Labute approximate surface area is 143 Å². The van der Waals surface area contributed by atoms with Gasteiger partial charge in [0.2, 0.25) is 5.91 Å². The highest BCUT2D eigenvalue weighted by atomic mass is 16.5. The second kappa shape index (κ2) is 6.08. The largest absolute Gasteiger partial charge is 0.486 e. The number of amides is 1. The Bertz CT molecular complexity index is 985. The van der Waals surface area contributed by atoms with Crippen molar-refractivity contribution in [2.24, 2.45) is 0 Å². The summed E-state index contributed by atoms with van der Waals surface area (Å²) in [7, 11) is 0.